The van der Waals surface area contributed by atoms with Crippen LogP contribution in [0.2, 0.25) is 0 Å². The molecule has 0 radical (unpaired) electrons. The Morgan fingerprint density at radius 2 is 2.06 bits per heavy atom. The molecule has 0 bridgehead atoms. The lowest BCUT2D eigenvalue weighted by atomic mass is 9.86. The second-order valence-electron chi connectivity index (χ2n) is 4.74. The Morgan fingerprint density at radius 3 is 2.78 bits per heavy atom. The topological polar surface area (TPSA) is 63.4 Å². The summed E-state index contributed by atoms with van der Waals surface area (Å²) in [6.45, 7) is 0. The van der Waals surface area contributed by atoms with E-state index in [4.69, 9.17) is 5.73 Å². The van der Waals surface area contributed by atoms with Gasteiger partial charge in [0.05, 0.1) is 17.5 Å². The van der Waals surface area contributed by atoms with Crippen LogP contribution in [0.25, 0.3) is 0 Å². The number of hydrogen-bond acceptors (Lipinski definition) is 3. The molecular weight excluding hydrogens is 228 g/mol. The van der Waals surface area contributed by atoms with Crippen molar-refractivity contribution in [3.05, 3.63) is 36.4 Å². The van der Waals surface area contributed by atoms with E-state index in [-0.39, 0.29) is 23.7 Å². The molecule has 1 heterocycles. The summed E-state index contributed by atoms with van der Waals surface area (Å²) in [7, 11) is 0. The van der Waals surface area contributed by atoms with Gasteiger partial charge >= 0.3 is 0 Å². The monoisotopic (exact) mass is 242 g/mol. The standard InChI is InChI=1S/C14H14N2O2/c15-9-4-3-5-10(8-9)16-13(17)11-6-1-2-7-12(11)14(16)18/h1,3-6,8,11-12H,2,7,15H2. The van der Waals surface area contributed by atoms with Crippen molar-refractivity contribution in [3.8, 4) is 0 Å². The number of hydrogen-bond donors (Lipinski definition) is 1. The lowest BCUT2D eigenvalue weighted by Gasteiger charge is -2.15. The number of imide groups is 1. The van der Waals surface area contributed by atoms with Gasteiger partial charge in [0, 0.05) is 5.69 Å². The molecule has 1 aliphatic heterocycles. The molecule has 4 nitrogen and oxygen atoms in total. The summed E-state index contributed by atoms with van der Waals surface area (Å²) in [6, 6.07) is 6.90. The molecule has 1 saturated heterocycles. The van der Waals surface area contributed by atoms with Crippen LogP contribution in [0.1, 0.15) is 12.8 Å². The van der Waals surface area contributed by atoms with Gasteiger partial charge in [0.15, 0.2) is 0 Å². The number of nitrogens with two attached hydrogens (primary N) is 1. The smallest absolute Gasteiger partial charge is 0.241 e. The Bertz CT molecular complexity index is 550. The van der Waals surface area contributed by atoms with Crippen molar-refractivity contribution in [1.82, 2.24) is 0 Å². The highest BCUT2D eigenvalue weighted by molar-refractivity contribution is 6.22. The lowest BCUT2D eigenvalue weighted by molar-refractivity contribution is -0.122. The molecule has 1 aliphatic carbocycles. The van der Waals surface area contributed by atoms with Gasteiger partial charge in [0.25, 0.3) is 0 Å². The minimum Gasteiger partial charge on any atom is -0.399 e. The first-order valence-electron chi connectivity index (χ1n) is 6.08. The molecule has 18 heavy (non-hydrogen) atoms. The Labute approximate surface area is 105 Å². The maximum atomic E-state index is 12.3. The minimum absolute atomic E-state index is 0.0973. The van der Waals surface area contributed by atoms with E-state index >= 15 is 0 Å². The van der Waals surface area contributed by atoms with Crippen LogP contribution in [0.15, 0.2) is 36.4 Å². The molecule has 1 aromatic rings. The normalized spacial score (nSPS) is 26.6. The largest absolute Gasteiger partial charge is 0.399 e. The molecule has 2 amide bonds. The van der Waals surface area contributed by atoms with E-state index in [0.717, 1.165) is 12.8 Å². The first-order chi connectivity index (χ1) is 8.68. The molecule has 1 fully saturated rings. The maximum Gasteiger partial charge on any atom is 0.241 e. The minimum atomic E-state index is -0.285. The van der Waals surface area contributed by atoms with Gasteiger partial charge in [-0.05, 0) is 31.0 Å². The molecular formula is C14H14N2O2. The molecule has 2 unspecified atom stereocenters. The van der Waals surface area contributed by atoms with Crippen molar-refractivity contribution in [2.24, 2.45) is 11.8 Å². The van der Waals surface area contributed by atoms with E-state index in [9.17, 15) is 9.59 Å². The summed E-state index contributed by atoms with van der Waals surface area (Å²) in [5, 5.41) is 0. The SMILES string of the molecule is Nc1cccc(N2C(=O)C3C=CCCC3C2=O)c1. The van der Waals surface area contributed by atoms with E-state index in [1.54, 1.807) is 24.3 Å². The van der Waals surface area contributed by atoms with E-state index in [1.165, 1.54) is 4.90 Å². The fourth-order valence-electron chi connectivity index (χ4n) is 2.71. The molecule has 2 aliphatic rings. The van der Waals surface area contributed by atoms with Gasteiger partial charge in [0.2, 0.25) is 11.8 Å². The number of anilines is 2. The van der Waals surface area contributed by atoms with Gasteiger partial charge in [0.1, 0.15) is 0 Å². The van der Waals surface area contributed by atoms with Crippen LogP contribution in [0.5, 0.6) is 0 Å². The van der Waals surface area contributed by atoms with E-state index in [1.807, 2.05) is 12.2 Å². The molecule has 0 aromatic heterocycles. The number of nitrogen functional groups attached to an aromatic ring is 1. The molecule has 0 spiro atoms. The zero-order valence-electron chi connectivity index (χ0n) is 9.87. The van der Waals surface area contributed by atoms with Crippen LogP contribution in [0, 0.1) is 11.8 Å². The predicted octanol–water partition coefficient (Wildman–Crippen LogP) is 1.72. The number of fused-ring (bicyclic) bond motifs is 1. The number of carbonyl (C=O) groups excluding carboxylic acids is 2. The number of amides is 2. The maximum absolute atomic E-state index is 12.3. The number of allylic oxidation sites excluding steroid dienone is 1. The third-order valence-electron chi connectivity index (χ3n) is 3.59. The van der Waals surface area contributed by atoms with Crippen molar-refractivity contribution >= 4 is 23.2 Å². The summed E-state index contributed by atoms with van der Waals surface area (Å²) in [4.78, 5) is 25.8. The second-order valence-corrected chi connectivity index (χ2v) is 4.74. The third-order valence-corrected chi connectivity index (χ3v) is 3.59. The Hall–Kier alpha value is -2.10. The van der Waals surface area contributed by atoms with Crippen LogP contribution >= 0.6 is 0 Å². The van der Waals surface area contributed by atoms with Crippen LogP contribution in [0.3, 0.4) is 0 Å². The fourth-order valence-corrected chi connectivity index (χ4v) is 2.71. The van der Waals surface area contributed by atoms with Crippen LogP contribution in [0.4, 0.5) is 11.4 Å². The molecule has 2 atom stereocenters. The van der Waals surface area contributed by atoms with Gasteiger partial charge in [-0.2, -0.15) is 0 Å². The summed E-state index contributed by atoms with van der Waals surface area (Å²) in [6.07, 6.45) is 5.46. The predicted molar refractivity (Wildman–Crippen MR) is 68.7 cm³/mol. The summed E-state index contributed by atoms with van der Waals surface area (Å²) >= 11 is 0. The van der Waals surface area contributed by atoms with Crippen molar-refractivity contribution in [2.75, 3.05) is 10.6 Å². The molecule has 2 N–H and O–H groups in total. The fraction of sp³-hybridized carbons (Fsp3) is 0.286. The van der Waals surface area contributed by atoms with Gasteiger partial charge in [-0.1, -0.05) is 18.2 Å². The number of rotatable bonds is 1. The summed E-state index contributed by atoms with van der Waals surface area (Å²) in [5.41, 5.74) is 6.83. The van der Waals surface area contributed by atoms with Crippen molar-refractivity contribution in [3.63, 3.8) is 0 Å². The molecule has 4 heteroatoms. The Morgan fingerprint density at radius 1 is 1.22 bits per heavy atom. The zero-order valence-corrected chi connectivity index (χ0v) is 9.87. The Balaban J connectivity index is 2.01. The van der Waals surface area contributed by atoms with Gasteiger partial charge in [-0.3, -0.25) is 9.59 Å². The average Bonchev–Trinajstić information content (AvgIpc) is 2.63. The first-order valence-corrected chi connectivity index (χ1v) is 6.08. The third kappa shape index (κ3) is 1.53. The molecule has 3 rings (SSSR count). The Kier molecular flexibility index (Phi) is 2.44. The lowest BCUT2D eigenvalue weighted by Crippen LogP contribution is -2.30. The number of nitrogens with zero attached hydrogens (tertiary/aromatic N) is 1. The van der Waals surface area contributed by atoms with Gasteiger partial charge in [-0.25, -0.2) is 4.90 Å². The van der Waals surface area contributed by atoms with Gasteiger partial charge < -0.3 is 5.73 Å². The van der Waals surface area contributed by atoms with Crippen LogP contribution in [-0.4, -0.2) is 11.8 Å². The van der Waals surface area contributed by atoms with E-state index in [0.29, 0.717) is 11.4 Å². The highest BCUT2D eigenvalue weighted by Crippen LogP contribution is 2.37. The molecule has 0 saturated carbocycles. The number of carbonyl (C=O) groups is 2. The average molecular weight is 242 g/mol. The van der Waals surface area contributed by atoms with Gasteiger partial charge in [-0.15, -0.1) is 0 Å². The number of benzene rings is 1. The first kappa shape index (κ1) is 11.0. The van der Waals surface area contributed by atoms with Crippen molar-refractivity contribution < 1.29 is 9.59 Å². The van der Waals surface area contributed by atoms with Crippen LogP contribution in [-0.2, 0) is 9.59 Å². The van der Waals surface area contributed by atoms with E-state index in [2.05, 4.69) is 0 Å². The summed E-state index contributed by atoms with van der Waals surface area (Å²) in [5.74, 6) is -0.705. The highest BCUT2D eigenvalue weighted by Gasteiger charge is 2.47. The zero-order chi connectivity index (χ0) is 12.7. The van der Waals surface area contributed by atoms with Crippen LogP contribution < -0.4 is 10.6 Å². The van der Waals surface area contributed by atoms with Crippen molar-refractivity contribution in [1.29, 1.82) is 0 Å². The van der Waals surface area contributed by atoms with E-state index < -0.39 is 0 Å². The van der Waals surface area contributed by atoms with Crippen molar-refractivity contribution in [2.45, 2.75) is 12.8 Å². The highest BCUT2D eigenvalue weighted by atomic mass is 16.2. The molecule has 92 valence electrons. The molecule has 1 aromatic carbocycles. The second kappa shape index (κ2) is 3.98. The quantitative estimate of drug-likeness (QED) is 0.463. The summed E-state index contributed by atoms with van der Waals surface area (Å²) < 4.78 is 0.